The summed E-state index contributed by atoms with van der Waals surface area (Å²) in [7, 11) is 0. The molecular formula is C9H9ClN4O. The van der Waals surface area contributed by atoms with Crippen LogP contribution in [-0.2, 0) is 4.74 Å². The highest BCUT2D eigenvalue weighted by molar-refractivity contribution is 6.32. The lowest BCUT2D eigenvalue weighted by atomic mass is 10.2. The van der Waals surface area contributed by atoms with E-state index in [4.69, 9.17) is 16.3 Å². The van der Waals surface area contributed by atoms with E-state index in [0.717, 1.165) is 25.3 Å². The third kappa shape index (κ3) is 1.39. The Morgan fingerprint density at radius 3 is 3.20 bits per heavy atom. The lowest BCUT2D eigenvalue weighted by Crippen LogP contribution is -2.02. The molecule has 2 aromatic heterocycles. The number of halogens is 1. The molecule has 5 nitrogen and oxygen atoms in total. The van der Waals surface area contributed by atoms with Gasteiger partial charge in [0.05, 0.1) is 0 Å². The largest absolute Gasteiger partial charge is 0.370 e. The van der Waals surface area contributed by atoms with Gasteiger partial charge in [0.2, 0.25) is 0 Å². The van der Waals surface area contributed by atoms with Crippen LogP contribution in [0, 0.1) is 0 Å². The van der Waals surface area contributed by atoms with Crippen LogP contribution in [0.15, 0.2) is 12.4 Å². The maximum absolute atomic E-state index is 5.90. The van der Waals surface area contributed by atoms with Crippen molar-refractivity contribution >= 4 is 17.2 Å². The van der Waals surface area contributed by atoms with Crippen molar-refractivity contribution in [2.75, 3.05) is 6.61 Å². The molecular weight excluding hydrogens is 216 g/mol. The fourth-order valence-electron chi connectivity index (χ4n) is 1.82. The van der Waals surface area contributed by atoms with Crippen molar-refractivity contribution in [2.45, 2.75) is 18.9 Å². The molecule has 0 saturated carbocycles. The van der Waals surface area contributed by atoms with Crippen LogP contribution in [0.2, 0.25) is 5.15 Å². The van der Waals surface area contributed by atoms with Gasteiger partial charge in [0.1, 0.15) is 6.10 Å². The van der Waals surface area contributed by atoms with Gasteiger partial charge in [-0.1, -0.05) is 11.6 Å². The summed E-state index contributed by atoms with van der Waals surface area (Å²) in [4.78, 5) is 3.95. The number of hydrogen-bond acceptors (Lipinski definition) is 4. The van der Waals surface area contributed by atoms with Crippen LogP contribution in [0.3, 0.4) is 0 Å². The summed E-state index contributed by atoms with van der Waals surface area (Å²) < 4.78 is 7.40. The summed E-state index contributed by atoms with van der Waals surface area (Å²) in [5.74, 6) is 0.812. The molecule has 1 saturated heterocycles. The molecule has 0 N–H and O–H groups in total. The van der Waals surface area contributed by atoms with E-state index in [2.05, 4.69) is 15.2 Å². The van der Waals surface area contributed by atoms with E-state index in [1.165, 1.54) is 0 Å². The standard InChI is InChI=1S/C9H9ClN4O/c10-7-9-13-12-8(6-2-1-5-15-6)14(9)4-3-11-7/h3-4,6H,1-2,5H2. The van der Waals surface area contributed by atoms with Gasteiger partial charge in [0, 0.05) is 19.0 Å². The number of aromatic nitrogens is 4. The predicted octanol–water partition coefficient (Wildman–Crippen LogP) is 1.63. The molecule has 0 bridgehead atoms. The zero-order valence-corrected chi connectivity index (χ0v) is 8.68. The van der Waals surface area contributed by atoms with Crippen molar-refractivity contribution < 1.29 is 4.74 Å². The lowest BCUT2D eigenvalue weighted by Gasteiger charge is -2.06. The van der Waals surface area contributed by atoms with Gasteiger partial charge in [-0.3, -0.25) is 4.40 Å². The summed E-state index contributed by atoms with van der Waals surface area (Å²) in [6, 6.07) is 0. The topological polar surface area (TPSA) is 52.3 Å². The Bertz CT molecular complexity index is 492. The Hall–Kier alpha value is -1.20. The number of rotatable bonds is 1. The molecule has 0 aromatic carbocycles. The van der Waals surface area contributed by atoms with Gasteiger partial charge in [-0.25, -0.2) is 4.98 Å². The molecule has 1 fully saturated rings. The van der Waals surface area contributed by atoms with Crippen molar-refractivity contribution in [3.8, 4) is 0 Å². The van der Waals surface area contributed by atoms with E-state index in [1.807, 2.05) is 4.40 Å². The Balaban J connectivity index is 2.15. The van der Waals surface area contributed by atoms with Gasteiger partial charge in [-0.05, 0) is 12.8 Å². The maximum Gasteiger partial charge on any atom is 0.198 e. The highest BCUT2D eigenvalue weighted by Crippen LogP contribution is 2.27. The Kier molecular flexibility index (Phi) is 2.07. The first-order valence-electron chi connectivity index (χ1n) is 4.83. The highest BCUT2D eigenvalue weighted by Gasteiger charge is 2.23. The first kappa shape index (κ1) is 9.06. The highest BCUT2D eigenvalue weighted by atomic mass is 35.5. The van der Waals surface area contributed by atoms with Gasteiger partial charge in [-0.2, -0.15) is 0 Å². The van der Waals surface area contributed by atoms with Crippen LogP contribution in [0.1, 0.15) is 24.8 Å². The monoisotopic (exact) mass is 224 g/mol. The molecule has 1 aliphatic heterocycles. The first-order chi connectivity index (χ1) is 7.36. The van der Waals surface area contributed by atoms with Crippen molar-refractivity contribution in [2.24, 2.45) is 0 Å². The Morgan fingerprint density at radius 1 is 1.47 bits per heavy atom. The molecule has 78 valence electrons. The fraction of sp³-hybridized carbons (Fsp3) is 0.444. The molecule has 0 amide bonds. The molecule has 2 aromatic rings. The fourth-order valence-corrected chi connectivity index (χ4v) is 2.00. The van der Waals surface area contributed by atoms with Gasteiger partial charge in [0.25, 0.3) is 0 Å². The van der Waals surface area contributed by atoms with Gasteiger partial charge >= 0.3 is 0 Å². The molecule has 3 rings (SSSR count). The average Bonchev–Trinajstić information content (AvgIpc) is 2.85. The first-order valence-corrected chi connectivity index (χ1v) is 5.21. The number of fused-ring (bicyclic) bond motifs is 1. The van der Waals surface area contributed by atoms with Gasteiger partial charge < -0.3 is 4.74 Å². The van der Waals surface area contributed by atoms with E-state index in [1.54, 1.807) is 12.4 Å². The quantitative estimate of drug-likeness (QED) is 0.739. The Morgan fingerprint density at radius 2 is 2.40 bits per heavy atom. The predicted molar refractivity (Wildman–Crippen MR) is 53.7 cm³/mol. The minimum Gasteiger partial charge on any atom is -0.370 e. The number of nitrogens with zero attached hydrogens (tertiary/aromatic N) is 4. The molecule has 6 heteroatoms. The zero-order valence-electron chi connectivity index (χ0n) is 7.93. The van der Waals surface area contributed by atoms with Crippen molar-refractivity contribution in [1.29, 1.82) is 0 Å². The second-order valence-corrected chi connectivity index (χ2v) is 3.83. The van der Waals surface area contributed by atoms with E-state index in [9.17, 15) is 0 Å². The zero-order chi connectivity index (χ0) is 10.3. The van der Waals surface area contributed by atoms with Crippen molar-refractivity contribution in [3.63, 3.8) is 0 Å². The smallest absolute Gasteiger partial charge is 0.198 e. The van der Waals surface area contributed by atoms with E-state index in [-0.39, 0.29) is 6.10 Å². The summed E-state index contributed by atoms with van der Waals surface area (Å²) in [6.07, 6.45) is 5.53. The van der Waals surface area contributed by atoms with Gasteiger partial charge in [-0.15, -0.1) is 10.2 Å². The van der Waals surface area contributed by atoms with Crippen LogP contribution < -0.4 is 0 Å². The van der Waals surface area contributed by atoms with Crippen molar-refractivity contribution in [1.82, 2.24) is 19.6 Å². The normalized spacial score (nSPS) is 21.3. The molecule has 0 aliphatic carbocycles. The molecule has 0 spiro atoms. The second-order valence-electron chi connectivity index (χ2n) is 3.47. The second kappa shape index (κ2) is 3.43. The lowest BCUT2D eigenvalue weighted by molar-refractivity contribution is 0.104. The Labute approximate surface area is 91.0 Å². The molecule has 1 aliphatic rings. The summed E-state index contributed by atoms with van der Waals surface area (Å²) >= 11 is 5.90. The third-order valence-corrected chi connectivity index (χ3v) is 2.79. The molecule has 15 heavy (non-hydrogen) atoms. The van der Waals surface area contributed by atoms with E-state index < -0.39 is 0 Å². The van der Waals surface area contributed by atoms with Crippen molar-refractivity contribution in [3.05, 3.63) is 23.4 Å². The maximum atomic E-state index is 5.90. The molecule has 1 atom stereocenters. The summed E-state index contributed by atoms with van der Waals surface area (Å²) in [5, 5.41) is 8.47. The molecule has 0 radical (unpaired) electrons. The molecule has 3 heterocycles. The van der Waals surface area contributed by atoms with E-state index in [0.29, 0.717) is 10.8 Å². The van der Waals surface area contributed by atoms with Crippen LogP contribution in [0.4, 0.5) is 0 Å². The van der Waals surface area contributed by atoms with E-state index >= 15 is 0 Å². The molecule has 1 unspecified atom stereocenters. The van der Waals surface area contributed by atoms with Crippen LogP contribution in [0.5, 0.6) is 0 Å². The minimum absolute atomic E-state index is 0.0402. The van der Waals surface area contributed by atoms with Crippen LogP contribution in [-0.4, -0.2) is 26.2 Å². The van der Waals surface area contributed by atoms with Gasteiger partial charge in [0.15, 0.2) is 16.6 Å². The van der Waals surface area contributed by atoms with Crippen LogP contribution >= 0.6 is 11.6 Å². The average molecular weight is 225 g/mol. The number of hydrogen-bond donors (Lipinski definition) is 0. The SMILES string of the molecule is Clc1nccn2c(C3CCCO3)nnc12. The summed E-state index contributed by atoms with van der Waals surface area (Å²) in [6.45, 7) is 0.790. The minimum atomic E-state index is 0.0402. The summed E-state index contributed by atoms with van der Waals surface area (Å²) in [5.41, 5.74) is 0.588. The van der Waals surface area contributed by atoms with Crippen LogP contribution in [0.25, 0.3) is 5.65 Å². The third-order valence-electron chi connectivity index (χ3n) is 2.53. The number of ether oxygens (including phenoxy) is 1.